The molecule has 2 N–H and O–H groups in total. The molecule has 0 aliphatic rings. The Labute approximate surface area is 135 Å². The van der Waals surface area contributed by atoms with Crippen molar-refractivity contribution in [2.75, 3.05) is 5.32 Å². The van der Waals surface area contributed by atoms with E-state index < -0.39 is 0 Å². The van der Waals surface area contributed by atoms with Gasteiger partial charge < -0.3 is 10.3 Å². The minimum absolute atomic E-state index is 0.128. The predicted octanol–water partition coefficient (Wildman–Crippen LogP) is 3.33. The number of halogens is 1. The zero-order valence-electron chi connectivity index (χ0n) is 11.8. The fourth-order valence-electron chi connectivity index (χ4n) is 2.44. The molecular weight excluding hydrogens is 316 g/mol. The minimum Gasteiger partial charge on any atom is -0.381 e. The van der Waals surface area contributed by atoms with Crippen molar-refractivity contribution in [2.24, 2.45) is 0 Å². The van der Waals surface area contributed by atoms with Crippen molar-refractivity contribution >= 4 is 39.2 Å². The van der Waals surface area contributed by atoms with E-state index in [1.807, 2.05) is 24.3 Å². The van der Waals surface area contributed by atoms with Gasteiger partial charge >= 0.3 is 0 Å². The summed E-state index contributed by atoms with van der Waals surface area (Å²) in [4.78, 5) is 15.0. The van der Waals surface area contributed by atoms with Crippen molar-refractivity contribution in [1.29, 1.82) is 0 Å². The van der Waals surface area contributed by atoms with Crippen LogP contribution in [0.4, 0.5) is 5.69 Å². The second kappa shape index (κ2) is 5.40. The lowest BCUT2D eigenvalue weighted by molar-refractivity contribution is 0.315. The lowest BCUT2D eigenvalue weighted by Gasteiger charge is -2.07. The third-order valence-corrected chi connectivity index (χ3v) is 3.86. The summed E-state index contributed by atoms with van der Waals surface area (Å²) in [6, 6.07) is 12.7. The molecule has 4 aromatic rings. The third kappa shape index (κ3) is 2.64. The summed E-state index contributed by atoms with van der Waals surface area (Å²) in [6.07, 6.45) is 0. The molecule has 0 amide bonds. The molecule has 114 valence electrons. The van der Waals surface area contributed by atoms with Gasteiger partial charge in [0.2, 0.25) is 0 Å². The number of aromatic nitrogens is 3. The zero-order chi connectivity index (χ0) is 15.8. The Morgan fingerprint density at radius 1 is 1.09 bits per heavy atom. The molecule has 0 fully saturated rings. The van der Waals surface area contributed by atoms with Crippen LogP contribution in [0.5, 0.6) is 0 Å². The van der Waals surface area contributed by atoms with Gasteiger partial charge in [-0.2, -0.15) is 0 Å². The van der Waals surface area contributed by atoms with Crippen LogP contribution in [0, 0.1) is 0 Å². The molecule has 2 heterocycles. The van der Waals surface area contributed by atoms with E-state index in [0.717, 1.165) is 16.6 Å². The number of pyridine rings is 1. The first kappa shape index (κ1) is 13.8. The average Bonchev–Trinajstić information content (AvgIpc) is 3.01. The Kier molecular flexibility index (Phi) is 3.24. The molecule has 0 radical (unpaired) electrons. The predicted molar refractivity (Wildman–Crippen MR) is 88.7 cm³/mol. The Hall–Kier alpha value is -2.86. The molecule has 7 heteroatoms. The van der Waals surface area contributed by atoms with Crippen molar-refractivity contribution < 1.29 is 4.63 Å². The minimum atomic E-state index is -0.128. The van der Waals surface area contributed by atoms with Gasteiger partial charge in [0, 0.05) is 33.7 Å². The number of H-pyrrole nitrogens is 1. The zero-order valence-corrected chi connectivity index (χ0v) is 12.6. The maximum absolute atomic E-state index is 12.1. The van der Waals surface area contributed by atoms with Gasteiger partial charge in [0.1, 0.15) is 11.0 Å². The van der Waals surface area contributed by atoms with E-state index in [1.165, 1.54) is 0 Å². The molecule has 23 heavy (non-hydrogen) atoms. The molecule has 0 saturated carbocycles. The molecule has 6 nitrogen and oxygen atoms in total. The lowest BCUT2D eigenvalue weighted by Crippen LogP contribution is -2.15. The fourth-order valence-corrected chi connectivity index (χ4v) is 2.62. The largest absolute Gasteiger partial charge is 0.381 e. The maximum Gasteiger partial charge on any atom is 0.253 e. The fraction of sp³-hybridized carbons (Fsp3) is 0.0625. The highest BCUT2D eigenvalue weighted by Crippen LogP contribution is 2.19. The van der Waals surface area contributed by atoms with Gasteiger partial charge in [0.15, 0.2) is 0 Å². The smallest absolute Gasteiger partial charge is 0.253 e. The highest BCUT2D eigenvalue weighted by atomic mass is 35.5. The summed E-state index contributed by atoms with van der Waals surface area (Å²) in [6.45, 7) is 0.384. The second-order valence-electron chi connectivity index (χ2n) is 5.18. The van der Waals surface area contributed by atoms with Crippen molar-refractivity contribution in [3.05, 3.63) is 63.4 Å². The van der Waals surface area contributed by atoms with Crippen molar-refractivity contribution in [2.45, 2.75) is 6.54 Å². The number of anilines is 1. The Morgan fingerprint density at radius 2 is 1.96 bits per heavy atom. The molecule has 0 unspecified atom stereocenters. The first-order valence-corrected chi connectivity index (χ1v) is 7.34. The molecule has 4 rings (SSSR count). The van der Waals surface area contributed by atoms with E-state index in [1.54, 1.807) is 18.2 Å². The van der Waals surface area contributed by atoms with Crippen LogP contribution in [-0.4, -0.2) is 15.3 Å². The van der Waals surface area contributed by atoms with Gasteiger partial charge in [0.25, 0.3) is 5.56 Å². The van der Waals surface area contributed by atoms with E-state index >= 15 is 0 Å². The molecule has 2 aromatic carbocycles. The van der Waals surface area contributed by atoms with E-state index in [4.69, 9.17) is 11.6 Å². The Morgan fingerprint density at radius 3 is 2.87 bits per heavy atom. The van der Waals surface area contributed by atoms with Gasteiger partial charge in [0.05, 0.1) is 0 Å². The topological polar surface area (TPSA) is 83.8 Å². The second-order valence-corrected chi connectivity index (χ2v) is 5.61. The number of hydrogen-bond donors (Lipinski definition) is 2. The number of nitrogens with one attached hydrogen (secondary N) is 2. The van der Waals surface area contributed by atoms with Crippen molar-refractivity contribution in [1.82, 2.24) is 15.3 Å². The number of rotatable bonds is 3. The van der Waals surface area contributed by atoms with Crippen LogP contribution in [0.25, 0.3) is 21.9 Å². The summed E-state index contributed by atoms with van der Waals surface area (Å²) >= 11 is 6.00. The van der Waals surface area contributed by atoms with Crippen LogP contribution in [0.3, 0.4) is 0 Å². The van der Waals surface area contributed by atoms with Crippen LogP contribution < -0.4 is 10.9 Å². The number of fused-ring (bicyclic) bond motifs is 2. The molecule has 0 spiro atoms. The molecule has 2 aromatic heterocycles. The van der Waals surface area contributed by atoms with Crippen molar-refractivity contribution in [3.63, 3.8) is 0 Å². The van der Waals surface area contributed by atoms with Gasteiger partial charge in [-0.25, -0.2) is 4.63 Å². The highest BCUT2D eigenvalue weighted by Gasteiger charge is 2.05. The first-order valence-electron chi connectivity index (χ1n) is 6.97. The van der Waals surface area contributed by atoms with E-state index in [0.29, 0.717) is 28.2 Å². The molecule has 0 saturated heterocycles. The maximum atomic E-state index is 12.1. The monoisotopic (exact) mass is 326 g/mol. The van der Waals surface area contributed by atoms with Crippen LogP contribution in [0.1, 0.15) is 5.56 Å². The van der Waals surface area contributed by atoms with Crippen LogP contribution in [0.2, 0.25) is 5.02 Å². The Bertz CT molecular complexity index is 1070. The quantitative estimate of drug-likeness (QED) is 0.603. The Balaban J connectivity index is 1.63. The van der Waals surface area contributed by atoms with Crippen LogP contribution in [0.15, 0.2) is 51.9 Å². The summed E-state index contributed by atoms with van der Waals surface area (Å²) in [7, 11) is 0. The van der Waals surface area contributed by atoms with Crippen LogP contribution in [-0.2, 0) is 6.54 Å². The summed E-state index contributed by atoms with van der Waals surface area (Å²) in [5.74, 6) is 0. The van der Waals surface area contributed by atoms with Gasteiger partial charge in [-0.05, 0) is 52.8 Å². The highest BCUT2D eigenvalue weighted by molar-refractivity contribution is 6.31. The van der Waals surface area contributed by atoms with Crippen molar-refractivity contribution in [3.8, 4) is 0 Å². The SMILES string of the molecule is O=c1[nH]c2ccc(Cl)cc2cc1CNc1ccc2nonc2c1. The van der Waals surface area contributed by atoms with Gasteiger partial charge in [-0.1, -0.05) is 11.6 Å². The summed E-state index contributed by atoms with van der Waals surface area (Å²) in [5.41, 5.74) is 3.44. The molecule has 0 aliphatic heterocycles. The van der Waals surface area contributed by atoms with E-state index in [-0.39, 0.29) is 5.56 Å². The lowest BCUT2D eigenvalue weighted by atomic mass is 10.1. The standard InChI is InChI=1S/C16H11ClN4O2/c17-11-1-3-13-9(6-11)5-10(16(22)19-13)8-18-12-2-4-14-15(7-12)21-23-20-14/h1-7,18H,8H2,(H,19,22). The molecular formula is C16H11ClN4O2. The number of aromatic amines is 1. The first-order chi connectivity index (χ1) is 11.2. The van der Waals surface area contributed by atoms with E-state index in [9.17, 15) is 4.79 Å². The summed E-state index contributed by atoms with van der Waals surface area (Å²) < 4.78 is 4.67. The number of hydrogen-bond acceptors (Lipinski definition) is 5. The van der Waals surface area contributed by atoms with E-state index in [2.05, 4.69) is 25.2 Å². The number of nitrogens with zero attached hydrogens (tertiary/aromatic N) is 2. The number of benzene rings is 2. The normalized spacial score (nSPS) is 11.2. The van der Waals surface area contributed by atoms with Gasteiger partial charge in [-0.3, -0.25) is 4.79 Å². The third-order valence-electron chi connectivity index (χ3n) is 3.62. The van der Waals surface area contributed by atoms with Gasteiger partial charge in [-0.15, -0.1) is 0 Å². The molecule has 0 atom stereocenters. The molecule has 0 aliphatic carbocycles. The average molecular weight is 327 g/mol. The van der Waals surface area contributed by atoms with Crippen LogP contribution >= 0.6 is 11.6 Å². The molecule has 0 bridgehead atoms. The summed E-state index contributed by atoms with van der Waals surface area (Å²) in [5, 5.41) is 12.3.